The average Bonchev–Trinajstić information content (AvgIpc) is 2.34. The molecule has 3 N–H and O–H groups in total. The molecule has 0 saturated heterocycles. The van der Waals surface area contributed by atoms with E-state index in [1.54, 1.807) is 17.8 Å². The van der Waals surface area contributed by atoms with Crippen LogP contribution in [0.15, 0.2) is 6.20 Å². The Kier molecular flexibility index (Phi) is 2.56. The van der Waals surface area contributed by atoms with Gasteiger partial charge in [-0.25, -0.2) is 4.68 Å². The van der Waals surface area contributed by atoms with Gasteiger partial charge < -0.3 is 10.8 Å². The van der Waals surface area contributed by atoms with Crippen LogP contribution in [0.5, 0.6) is 0 Å². The fourth-order valence-corrected chi connectivity index (χ4v) is 0.792. The van der Waals surface area contributed by atoms with Crippen LogP contribution in [-0.4, -0.2) is 26.2 Å². The molecule has 0 amide bonds. The molecular weight excluding hydrogens is 144 g/mol. The molecule has 0 spiro atoms. The monoisotopic (exact) mass is 156 g/mol. The summed E-state index contributed by atoms with van der Waals surface area (Å²) in [6, 6.07) is 0. The van der Waals surface area contributed by atoms with Gasteiger partial charge in [-0.2, -0.15) is 0 Å². The lowest BCUT2D eigenvalue weighted by atomic mass is 10.4. The van der Waals surface area contributed by atoms with E-state index in [4.69, 9.17) is 10.8 Å². The summed E-state index contributed by atoms with van der Waals surface area (Å²) in [5.41, 5.74) is 6.06. The summed E-state index contributed by atoms with van der Waals surface area (Å²) in [5.74, 6) is 0. The first-order valence-corrected chi connectivity index (χ1v) is 3.49. The van der Waals surface area contributed by atoms with E-state index in [0.717, 1.165) is 5.69 Å². The van der Waals surface area contributed by atoms with Gasteiger partial charge in [-0.3, -0.25) is 0 Å². The van der Waals surface area contributed by atoms with E-state index in [2.05, 4.69) is 10.3 Å². The van der Waals surface area contributed by atoms with Gasteiger partial charge in [-0.05, 0) is 6.92 Å². The number of hydrogen-bond acceptors (Lipinski definition) is 4. The standard InChI is InChI=1S/C6H12N4O/c1-5(11)3-10-4-6(2-7)8-9-10/h4-5,11H,2-3,7H2,1H3. The van der Waals surface area contributed by atoms with Gasteiger partial charge in [0.1, 0.15) is 0 Å². The smallest absolute Gasteiger partial charge is 0.0962 e. The van der Waals surface area contributed by atoms with Crippen molar-refractivity contribution in [3.63, 3.8) is 0 Å². The van der Waals surface area contributed by atoms with Gasteiger partial charge in [0, 0.05) is 12.7 Å². The Labute approximate surface area is 64.8 Å². The minimum atomic E-state index is -0.401. The van der Waals surface area contributed by atoms with Crippen LogP contribution in [0.2, 0.25) is 0 Å². The first-order valence-electron chi connectivity index (χ1n) is 3.49. The molecule has 1 rings (SSSR count). The van der Waals surface area contributed by atoms with Crippen molar-refractivity contribution in [2.45, 2.75) is 26.1 Å². The summed E-state index contributed by atoms with van der Waals surface area (Å²) < 4.78 is 1.58. The summed E-state index contributed by atoms with van der Waals surface area (Å²) in [7, 11) is 0. The SMILES string of the molecule is CC(O)Cn1cc(CN)nn1. The van der Waals surface area contributed by atoms with Gasteiger partial charge in [0.25, 0.3) is 0 Å². The Balaban J connectivity index is 2.58. The quantitative estimate of drug-likeness (QED) is 0.595. The van der Waals surface area contributed by atoms with Crippen molar-refractivity contribution in [2.75, 3.05) is 0 Å². The third-order valence-electron chi connectivity index (χ3n) is 1.25. The molecule has 0 aliphatic carbocycles. The van der Waals surface area contributed by atoms with Crippen LogP contribution in [0.25, 0.3) is 0 Å². The molecule has 1 heterocycles. The second-order valence-corrected chi connectivity index (χ2v) is 2.49. The lowest BCUT2D eigenvalue weighted by Crippen LogP contribution is -2.12. The van der Waals surface area contributed by atoms with Crippen molar-refractivity contribution in [3.8, 4) is 0 Å². The highest BCUT2D eigenvalue weighted by atomic mass is 16.3. The Hall–Kier alpha value is -0.940. The molecule has 5 nitrogen and oxygen atoms in total. The number of nitrogens with zero attached hydrogens (tertiary/aromatic N) is 3. The number of aliphatic hydroxyl groups is 1. The highest BCUT2D eigenvalue weighted by molar-refractivity contribution is 4.90. The van der Waals surface area contributed by atoms with E-state index in [-0.39, 0.29) is 0 Å². The Morgan fingerprint density at radius 3 is 3.00 bits per heavy atom. The summed E-state index contributed by atoms with van der Waals surface area (Å²) in [5, 5.41) is 16.5. The second-order valence-electron chi connectivity index (χ2n) is 2.49. The maximum absolute atomic E-state index is 8.97. The predicted octanol–water partition coefficient (Wildman–Crippen LogP) is -0.882. The molecule has 11 heavy (non-hydrogen) atoms. The summed E-state index contributed by atoms with van der Waals surface area (Å²) in [4.78, 5) is 0. The molecule has 0 fully saturated rings. The van der Waals surface area contributed by atoms with Crippen molar-refractivity contribution in [1.29, 1.82) is 0 Å². The Morgan fingerprint density at radius 1 is 1.82 bits per heavy atom. The maximum Gasteiger partial charge on any atom is 0.0962 e. The Bertz CT molecular complexity index is 220. The summed E-state index contributed by atoms with van der Waals surface area (Å²) >= 11 is 0. The average molecular weight is 156 g/mol. The topological polar surface area (TPSA) is 77.0 Å². The molecule has 0 aliphatic heterocycles. The molecule has 62 valence electrons. The van der Waals surface area contributed by atoms with E-state index >= 15 is 0 Å². The molecule has 0 aliphatic rings. The predicted molar refractivity (Wildman–Crippen MR) is 39.6 cm³/mol. The van der Waals surface area contributed by atoms with Crippen LogP contribution in [0.3, 0.4) is 0 Å². The van der Waals surface area contributed by atoms with Gasteiger partial charge >= 0.3 is 0 Å². The molecule has 1 aromatic heterocycles. The largest absolute Gasteiger partial charge is 0.391 e. The lowest BCUT2D eigenvalue weighted by molar-refractivity contribution is 0.167. The fraction of sp³-hybridized carbons (Fsp3) is 0.667. The zero-order valence-electron chi connectivity index (χ0n) is 6.44. The van der Waals surface area contributed by atoms with Gasteiger partial charge in [0.05, 0.1) is 18.3 Å². The van der Waals surface area contributed by atoms with E-state index in [1.165, 1.54) is 0 Å². The van der Waals surface area contributed by atoms with Gasteiger partial charge in [-0.15, -0.1) is 5.10 Å². The highest BCUT2D eigenvalue weighted by Crippen LogP contribution is 1.92. The van der Waals surface area contributed by atoms with Crippen LogP contribution >= 0.6 is 0 Å². The molecule has 0 aromatic carbocycles. The number of hydrogen-bond donors (Lipinski definition) is 2. The number of aromatic nitrogens is 3. The highest BCUT2D eigenvalue weighted by Gasteiger charge is 2.00. The van der Waals surface area contributed by atoms with E-state index in [1.807, 2.05) is 0 Å². The maximum atomic E-state index is 8.97. The molecule has 0 bridgehead atoms. The first kappa shape index (κ1) is 8.16. The normalized spacial score (nSPS) is 13.4. The van der Waals surface area contributed by atoms with Crippen molar-refractivity contribution in [3.05, 3.63) is 11.9 Å². The van der Waals surface area contributed by atoms with Crippen LogP contribution < -0.4 is 5.73 Å². The van der Waals surface area contributed by atoms with Crippen molar-refractivity contribution in [2.24, 2.45) is 5.73 Å². The minimum absolute atomic E-state index is 0.389. The molecular formula is C6H12N4O. The third-order valence-corrected chi connectivity index (χ3v) is 1.25. The molecule has 1 atom stereocenters. The van der Waals surface area contributed by atoms with Crippen molar-refractivity contribution in [1.82, 2.24) is 15.0 Å². The molecule has 0 radical (unpaired) electrons. The van der Waals surface area contributed by atoms with E-state index < -0.39 is 6.10 Å². The zero-order valence-corrected chi connectivity index (χ0v) is 6.44. The fourth-order valence-electron chi connectivity index (χ4n) is 0.792. The molecule has 5 heteroatoms. The van der Waals surface area contributed by atoms with Crippen LogP contribution in [0, 0.1) is 0 Å². The zero-order chi connectivity index (χ0) is 8.27. The minimum Gasteiger partial charge on any atom is -0.391 e. The van der Waals surface area contributed by atoms with Crippen LogP contribution in [0.4, 0.5) is 0 Å². The summed E-state index contributed by atoms with van der Waals surface area (Å²) in [6.45, 7) is 2.55. The first-order chi connectivity index (χ1) is 5.22. The van der Waals surface area contributed by atoms with Gasteiger partial charge in [0.2, 0.25) is 0 Å². The molecule has 1 aromatic rings. The van der Waals surface area contributed by atoms with Gasteiger partial charge in [0.15, 0.2) is 0 Å². The second kappa shape index (κ2) is 3.45. The Morgan fingerprint density at radius 2 is 2.55 bits per heavy atom. The summed E-state index contributed by atoms with van der Waals surface area (Å²) in [6.07, 6.45) is 1.33. The van der Waals surface area contributed by atoms with Crippen LogP contribution in [0.1, 0.15) is 12.6 Å². The van der Waals surface area contributed by atoms with E-state index in [0.29, 0.717) is 13.1 Å². The molecule has 0 saturated carbocycles. The molecule has 1 unspecified atom stereocenters. The number of aliphatic hydroxyl groups excluding tert-OH is 1. The number of nitrogens with two attached hydrogens (primary N) is 1. The van der Waals surface area contributed by atoms with E-state index in [9.17, 15) is 0 Å². The lowest BCUT2D eigenvalue weighted by Gasteiger charge is -2.00. The third kappa shape index (κ3) is 2.28. The van der Waals surface area contributed by atoms with Crippen LogP contribution in [-0.2, 0) is 13.1 Å². The van der Waals surface area contributed by atoms with Crippen molar-refractivity contribution < 1.29 is 5.11 Å². The number of rotatable bonds is 3. The van der Waals surface area contributed by atoms with Gasteiger partial charge in [-0.1, -0.05) is 5.21 Å². The van der Waals surface area contributed by atoms with Crippen molar-refractivity contribution >= 4 is 0 Å².